The second kappa shape index (κ2) is 6.35. The Balaban J connectivity index is 2.18. The maximum Gasteiger partial charge on any atom is 0.270 e. The van der Waals surface area contributed by atoms with Gasteiger partial charge in [-0.05, 0) is 17.2 Å². The number of benzene rings is 2. The summed E-state index contributed by atoms with van der Waals surface area (Å²) < 4.78 is 5.20. The van der Waals surface area contributed by atoms with Crippen LogP contribution in [-0.4, -0.2) is 10.7 Å². The van der Waals surface area contributed by atoms with E-state index in [1.54, 1.807) is 6.07 Å². The van der Waals surface area contributed by atoms with Crippen molar-refractivity contribution in [3.8, 4) is 11.1 Å². The molecule has 0 saturated carbocycles. The largest absolute Gasteiger partial charge is 0.459 e. The van der Waals surface area contributed by atoms with Crippen molar-refractivity contribution in [3.63, 3.8) is 0 Å². The topological polar surface area (TPSA) is 111 Å². The fraction of sp³-hybridized carbons (Fsp3) is 0. The van der Waals surface area contributed by atoms with Gasteiger partial charge in [0, 0.05) is 23.8 Å². The van der Waals surface area contributed by atoms with Gasteiger partial charge in [0.15, 0.2) is 5.76 Å². The number of carbonyl (C=O) groups excluding carboxylic acids is 1. The van der Waals surface area contributed by atoms with E-state index in [0.29, 0.717) is 11.3 Å². The first-order valence-electron chi connectivity index (χ1n) is 7.04. The molecule has 3 aromatic rings. The third-order valence-electron chi connectivity index (χ3n) is 3.57. The van der Waals surface area contributed by atoms with E-state index < -0.39 is 10.7 Å². The lowest BCUT2D eigenvalue weighted by molar-refractivity contribution is -0.384. The minimum absolute atomic E-state index is 0.00446. The van der Waals surface area contributed by atoms with E-state index in [9.17, 15) is 14.9 Å². The number of ketones is 1. The van der Waals surface area contributed by atoms with Crippen molar-refractivity contribution in [3.05, 3.63) is 82.3 Å². The number of nitrogen functional groups attached to an aromatic ring is 1. The number of rotatable bonds is 5. The van der Waals surface area contributed by atoms with Crippen molar-refractivity contribution in [2.45, 2.75) is 0 Å². The summed E-state index contributed by atoms with van der Waals surface area (Å²) in [5.41, 5.74) is 4.02. The number of furan rings is 1. The van der Waals surface area contributed by atoms with Crippen molar-refractivity contribution >= 4 is 17.2 Å². The zero-order chi connectivity index (χ0) is 17.1. The Kier molecular flexibility index (Phi) is 4.09. The number of nitro benzene ring substituents is 1. The van der Waals surface area contributed by atoms with Crippen LogP contribution in [0.2, 0.25) is 0 Å². The number of hydrazine groups is 1. The predicted octanol–water partition coefficient (Wildman–Crippen LogP) is 3.37. The number of nitrogens with two attached hydrogens (primary N) is 1. The molecule has 0 fully saturated rings. The lowest BCUT2D eigenvalue weighted by Gasteiger charge is -2.09. The molecule has 3 N–H and O–H groups in total. The summed E-state index contributed by atoms with van der Waals surface area (Å²) in [5.74, 6) is 4.87. The Morgan fingerprint density at radius 1 is 1.12 bits per heavy atom. The van der Waals surface area contributed by atoms with Gasteiger partial charge < -0.3 is 9.84 Å². The van der Waals surface area contributed by atoms with E-state index in [-0.39, 0.29) is 17.0 Å². The van der Waals surface area contributed by atoms with Crippen LogP contribution in [0.1, 0.15) is 16.1 Å². The highest BCUT2D eigenvalue weighted by Crippen LogP contribution is 2.31. The van der Waals surface area contributed by atoms with Gasteiger partial charge in [0.05, 0.1) is 16.9 Å². The maximum absolute atomic E-state index is 12.8. The van der Waals surface area contributed by atoms with Crippen LogP contribution in [0.5, 0.6) is 0 Å². The molecule has 120 valence electrons. The van der Waals surface area contributed by atoms with Crippen LogP contribution in [0.4, 0.5) is 11.4 Å². The van der Waals surface area contributed by atoms with E-state index >= 15 is 0 Å². The number of nitrogens with zero attached hydrogens (tertiary/aromatic N) is 1. The molecule has 7 heteroatoms. The van der Waals surface area contributed by atoms with Crippen LogP contribution in [0, 0.1) is 10.1 Å². The average Bonchev–Trinajstić information content (AvgIpc) is 3.10. The predicted molar refractivity (Wildman–Crippen MR) is 88.5 cm³/mol. The van der Waals surface area contributed by atoms with E-state index in [4.69, 9.17) is 10.3 Å². The number of anilines is 1. The first-order chi connectivity index (χ1) is 11.6. The lowest BCUT2D eigenvalue weighted by atomic mass is 9.95. The zero-order valence-corrected chi connectivity index (χ0v) is 12.4. The van der Waals surface area contributed by atoms with Gasteiger partial charge in [-0.25, -0.2) is 0 Å². The van der Waals surface area contributed by atoms with Gasteiger partial charge in [0.25, 0.3) is 5.69 Å². The van der Waals surface area contributed by atoms with E-state index in [2.05, 4.69) is 5.43 Å². The molecule has 2 aromatic carbocycles. The van der Waals surface area contributed by atoms with Crippen LogP contribution < -0.4 is 11.3 Å². The Labute approximate surface area is 136 Å². The van der Waals surface area contributed by atoms with E-state index in [1.807, 2.05) is 30.3 Å². The second-order valence-electron chi connectivity index (χ2n) is 4.99. The zero-order valence-electron chi connectivity index (χ0n) is 12.4. The molecule has 0 aliphatic carbocycles. The van der Waals surface area contributed by atoms with Gasteiger partial charge >= 0.3 is 0 Å². The molecular formula is C17H13N3O4. The Bertz CT molecular complexity index is 903. The maximum atomic E-state index is 12.8. The molecule has 1 heterocycles. The SMILES string of the molecule is NNc1ccoc1C(=O)c1cc([N+](=O)[O-])ccc1-c1ccccc1. The summed E-state index contributed by atoms with van der Waals surface area (Å²) in [6, 6.07) is 14.8. The second-order valence-corrected chi connectivity index (χ2v) is 4.99. The summed E-state index contributed by atoms with van der Waals surface area (Å²) in [4.78, 5) is 23.4. The Hall–Kier alpha value is -3.45. The minimum atomic E-state index is -0.546. The molecule has 3 rings (SSSR count). The Morgan fingerprint density at radius 3 is 2.54 bits per heavy atom. The molecule has 1 aromatic heterocycles. The van der Waals surface area contributed by atoms with Crippen LogP contribution >= 0.6 is 0 Å². The minimum Gasteiger partial charge on any atom is -0.459 e. The van der Waals surface area contributed by atoms with Gasteiger partial charge in [-0.15, -0.1) is 0 Å². The molecule has 0 radical (unpaired) electrons. The number of nitro groups is 1. The first kappa shape index (κ1) is 15.4. The number of non-ortho nitro benzene ring substituents is 1. The van der Waals surface area contributed by atoms with E-state index in [0.717, 1.165) is 5.56 Å². The molecule has 0 aliphatic rings. The summed E-state index contributed by atoms with van der Waals surface area (Å²) in [6.45, 7) is 0. The first-order valence-corrected chi connectivity index (χ1v) is 7.04. The van der Waals surface area contributed by atoms with Gasteiger partial charge in [0.2, 0.25) is 5.78 Å². The molecule has 0 saturated heterocycles. The van der Waals surface area contributed by atoms with Crippen LogP contribution in [0.15, 0.2) is 65.3 Å². The highest BCUT2D eigenvalue weighted by Gasteiger charge is 2.23. The summed E-state index contributed by atoms with van der Waals surface area (Å²) in [5, 5.41) is 11.1. The molecule has 0 spiro atoms. The number of nitrogens with one attached hydrogen (secondary N) is 1. The van der Waals surface area contributed by atoms with Crippen molar-refractivity contribution < 1.29 is 14.1 Å². The van der Waals surface area contributed by atoms with Crippen molar-refractivity contribution in [1.82, 2.24) is 0 Å². The highest BCUT2D eigenvalue weighted by molar-refractivity contribution is 6.14. The lowest BCUT2D eigenvalue weighted by Crippen LogP contribution is -2.11. The van der Waals surface area contributed by atoms with Crippen molar-refractivity contribution in [2.75, 3.05) is 5.43 Å². The normalized spacial score (nSPS) is 10.4. The Morgan fingerprint density at radius 2 is 1.88 bits per heavy atom. The number of hydrogen-bond donors (Lipinski definition) is 2. The number of carbonyl (C=O) groups is 1. The highest BCUT2D eigenvalue weighted by atomic mass is 16.6. The standard InChI is InChI=1S/C17H13N3O4/c18-19-15-8-9-24-17(15)16(21)14-10-12(20(22)23)6-7-13(14)11-4-2-1-3-5-11/h1-10,19H,18H2. The summed E-state index contributed by atoms with van der Waals surface area (Å²) in [6.07, 6.45) is 1.32. The van der Waals surface area contributed by atoms with Gasteiger partial charge in [-0.1, -0.05) is 30.3 Å². The van der Waals surface area contributed by atoms with Gasteiger partial charge in [-0.2, -0.15) is 0 Å². The molecular weight excluding hydrogens is 310 g/mol. The summed E-state index contributed by atoms with van der Waals surface area (Å²) >= 11 is 0. The van der Waals surface area contributed by atoms with E-state index in [1.165, 1.54) is 24.5 Å². The quantitative estimate of drug-likeness (QED) is 0.322. The van der Waals surface area contributed by atoms with Crippen molar-refractivity contribution in [2.24, 2.45) is 5.84 Å². The molecule has 0 unspecified atom stereocenters. The third-order valence-corrected chi connectivity index (χ3v) is 3.57. The molecule has 0 bridgehead atoms. The van der Waals surface area contributed by atoms with Gasteiger partial charge in [-0.3, -0.25) is 20.8 Å². The van der Waals surface area contributed by atoms with Crippen LogP contribution in [0.3, 0.4) is 0 Å². The molecule has 24 heavy (non-hydrogen) atoms. The fourth-order valence-electron chi connectivity index (χ4n) is 2.42. The van der Waals surface area contributed by atoms with Crippen LogP contribution in [-0.2, 0) is 0 Å². The number of hydrogen-bond acceptors (Lipinski definition) is 6. The fourth-order valence-corrected chi connectivity index (χ4v) is 2.42. The smallest absolute Gasteiger partial charge is 0.270 e. The van der Waals surface area contributed by atoms with Crippen molar-refractivity contribution in [1.29, 1.82) is 0 Å². The molecule has 7 nitrogen and oxygen atoms in total. The molecule has 0 aliphatic heterocycles. The van der Waals surface area contributed by atoms with Crippen LogP contribution in [0.25, 0.3) is 11.1 Å². The van der Waals surface area contributed by atoms with Gasteiger partial charge in [0.1, 0.15) is 0 Å². The average molecular weight is 323 g/mol. The third kappa shape index (κ3) is 2.75. The molecule has 0 atom stereocenters. The monoisotopic (exact) mass is 323 g/mol. The summed E-state index contributed by atoms with van der Waals surface area (Å²) in [7, 11) is 0. The molecule has 0 amide bonds.